The lowest BCUT2D eigenvalue weighted by Gasteiger charge is -2.12. The molecule has 0 atom stereocenters. The molecule has 0 saturated heterocycles. The van der Waals surface area contributed by atoms with Gasteiger partial charge in [-0.3, -0.25) is 4.98 Å². The zero-order valence-electron chi connectivity index (χ0n) is 14.3. The summed E-state index contributed by atoms with van der Waals surface area (Å²) in [5, 5.41) is 2.68. The molecule has 0 aliphatic rings. The second-order valence-corrected chi connectivity index (χ2v) is 8.50. The monoisotopic (exact) mass is 373 g/mol. The van der Waals surface area contributed by atoms with Crippen LogP contribution < -0.4 is 4.72 Å². The SMILES string of the molecule is Cc1cc(C)c(S(=O)(=O)NCc2csc(-c3cccnc3)n2)c(C)c1. The number of aromatic nitrogens is 2. The van der Waals surface area contributed by atoms with Crippen molar-refractivity contribution in [2.75, 3.05) is 0 Å². The third kappa shape index (κ3) is 3.95. The number of nitrogens with zero attached hydrogens (tertiary/aromatic N) is 2. The van der Waals surface area contributed by atoms with Crippen LogP contribution in [0.2, 0.25) is 0 Å². The Balaban J connectivity index is 1.79. The van der Waals surface area contributed by atoms with E-state index in [0.29, 0.717) is 10.6 Å². The Labute approximate surface area is 151 Å². The quantitative estimate of drug-likeness (QED) is 0.741. The van der Waals surface area contributed by atoms with E-state index in [1.807, 2.05) is 50.4 Å². The number of thiazole rings is 1. The van der Waals surface area contributed by atoms with Crippen molar-refractivity contribution in [2.24, 2.45) is 0 Å². The first-order chi connectivity index (χ1) is 11.9. The highest BCUT2D eigenvalue weighted by Gasteiger charge is 2.20. The zero-order chi connectivity index (χ0) is 18.0. The molecule has 2 heterocycles. The van der Waals surface area contributed by atoms with E-state index in [9.17, 15) is 8.42 Å². The Morgan fingerprint density at radius 1 is 1.16 bits per heavy atom. The minimum absolute atomic E-state index is 0.159. The standard InChI is InChI=1S/C18H19N3O2S2/c1-12-7-13(2)17(14(3)8-12)25(22,23)20-10-16-11-24-18(21-16)15-5-4-6-19-9-15/h4-9,11,20H,10H2,1-3H3. The van der Waals surface area contributed by atoms with E-state index in [4.69, 9.17) is 0 Å². The van der Waals surface area contributed by atoms with Gasteiger partial charge in [-0.05, 0) is 44.0 Å². The molecule has 7 heteroatoms. The van der Waals surface area contributed by atoms with Crippen LogP contribution in [0.25, 0.3) is 10.6 Å². The van der Waals surface area contributed by atoms with E-state index in [1.165, 1.54) is 11.3 Å². The number of hydrogen-bond donors (Lipinski definition) is 1. The van der Waals surface area contributed by atoms with Gasteiger partial charge in [-0.15, -0.1) is 11.3 Å². The van der Waals surface area contributed by atoms with Crippen molar-refractivity contribution >= 4 is 21.4 Å². The highest BCUT2D eigenvalue weighted by atomic mass is 32.2. The Bertz CT molecular complexity index is 973. The van der Waals surface area contributed by atoms with Crippen molar-refractivity contribution < 1.29 is 8.42 Å². The molecule has 3 rings (SSSR count). The van der Waals surface area contributed by atoms with E-state index in [1.54, 1.807) is 12.4 Å². The second-order valence-electron chi connectivity index (χ2n) is 5.94. The third-order valence-corrected chi connectivity index (χ3v) is 6.42. The van der Waals surface area contributed by atoms with Gasteiger partial charge in [-0.2, -0.15) is 0 Å². The molecule has 1 aromatic carbocycles. The highest BCUT2D eigenvalue weighted by molar-refractivity contribution is 7.89. The number of hydrogen-bond acceptors (Lipinski definition) is 5. The maximum atomic E-state index is 12.7. The molecule has 25 heavy (non-hydrogen) atoms. The van der Waals surface area contributed by atoms with Crippen molar-refractivity contribution in [2.45, 2.75) is 32.2 Å². The molecule has 0 spiro atoms. The van der Waals surface area contributed by atoms with Crippen LogP contribution in [0, 0.1) is 20.8 Å². The van der Waals surface area contributed by atoms with E-state index in [-0.39, 0.29) is 6.54 Å². The summed E-state index contributed by atoms with van der Waals surface area (Å²) in [5.41, 5.74) is 4.16. The molecule has 2 aromatic heterocycles. The topological polar surface area (TPSA) is 72.0 Å². The largest absolute Gasteiger partial charge is 0.264 e. The van der Waals surface area contributed by atoms with Gasteiger partial charge in [0.05, 0.1) is 17.1 Å². The lowest BCUT2D eigenvalue weighted by molar-refractivity contribution is 0.579. The van der Waals surface area contributed by atoms with Crippen LogP contribution in [0.5, 0.6) is 0 Å². The summed E-state index contributed by atoms with van der Waals surface area (Å²) in [6.07, 6.45) is 3.45. The number of pyridine rings is 1. The van der Waals surface area contributed by atoms with E-state index < -0.39 is 10.0 Å². The van der Waals surface area contributed by atoms with E-state index in [2.05, 4.69) is 14.7 Å². The van der Waals surface area contributed by atoms with Crippen molar-refractivity contribution in [1.82, 2.24) is 14.7 Å². The summed E-state index contributed by atoms with van der Waals surface area (Å²) >= 11 is 1.47. The lowest BCUT2D eigenvalue weighted by atomic mass is 10.1. The number of sulfonamides is 1. The number of rotatable bonds is 5. The van der Waals surface area contributed by atoms with Crippen molar-refractivity contribution in [3.05, 3.63) is 64.4 Å². The predicted octanol–water partition coefficient (Wildman–Crippen LogP) is 3.61. The Kier molecular flexibility index (Phi) is 4.99. The highest BCUT2D eigenvalue weighted by Crippen LogP contribution is 2.24. The summed E-state index contributed by atoms with van der Waals surface area (Å²) < 4.78 is 28.0. The maximum absolute atomic E-state index is 12.7. The van der Waals surface area contributed by atoms with Crippen molar-refractivity contribution in [1.29, 1.82) is 0 Å². The molecule has 130 valence electrons. The van der Waals surface area contributed by atoms with Gasteiger partial charge in [0.25, 0.3) is 0 Å². The molecule has 0 bridgehead atoms. The minimum Gasteiger partial charge on any atom is -0.264 e. The molecule has 0 saturated carbocycles. The maximum Gasteiger partial charge on any atom is 0.241 e. The van der Waals surface area contributed by atoms with Gasteiger partial charge < -0.3 is 0 Å². The molecule has 1 N–H and O–H groups in total. The fourth-order valence-corrected chi connectivity index (χ4v) is 5.10. The fourth-order valence-electron chi connectivity index (χ4n) is 2.84. The van der Waals surface area contributed by atoms with Gasteiger partial charge in [0, 0.05) is 23.3 Å². The van der Waals surface area contributed by atoms with Gasteiger partial charge in [0.15, 0.2) is 0 Å². The molecular formula is C18H19N3O2S2. The average molecular weight is 374 g/mol. The summed E-state index contributed by atoms with van der Waals surface area (Å²) in [7, 11) is -3.59. The molecule has 3 aromatic rings. The van der Waals surface area contributed by atoms with Crippen molar-refractivity contribution in [3.8, 4) is 10.6 Å². The number of nitrogens with one attached hydrogen (secondary N) is 1. The van der Waals surface area contributed by atoms with Gasteiger partial charge in [0.1, 0.15) is 5.01 Å². The molecule has 0 fully saturated rings. The van der Waals surface area contributed by atoms with E-state index in [0.717, 1.165) is 27.3 Å². The molecule has 0 aliphatic heterocycles. The van der Waals surface area contributed by atoms with Crippen LogP contribution in [-0.2, 0) is 16.6 Å². The fraction of sp³-hybridized carbons (Fsp3) is 0.222. The minimum atomic E-state index is -3.59. The first kappa shape index (κ1) is 17.7. The summed E-state index contributed by atoms with van der Waals surface area (Å²) in [4.78, 5) is 8.91. The van der Waals surface area contributed by atoms with Gasteiger partial charge in [-0.1, -0.05) is 17.7 Å². The van der Waals surface area contributed by atoms with E-state index >= 15 is 0 Å². The number of aryl methyl sites for hydroxylation is 3. The molecule has 0 amide bonds. The Morgan fingerprint density at radius 3 is 2.52 bits per heavy atom. The molecule has 5 nitrogen and oxygen atoms in total. The molecular weight excluding hydrogens is 354 g/mol. The number of benzene rings is 1. The van der Waals surface area contributed by atoms with Gasteiger partial charge in [-0.25, -0.2) is 18.1 Å². The first-order valence-corrected chi connectivity index (χ1v) is 10.2. The summed E-state index contributed by atoms with van der Waals surface area (Å²) in [6.45, 7) is 5.75. The molecule has 0 unspecified atom stereocenters. The van der Waals surface area contributed by atoms with Gasteiger partial charge >= 0.3 is 0 Å². The molecule has 0 radical (unpaired) electrons. The van der Waals surface area contributed by atoms with Crippen LogP contribution in [0.1, 0.15) is 22.4 Å². The smallest absolute Gasteiger partial charge is 0.241 e. The van der Waals surface area contributed by atoms with Crippen LogP contribution in [-0.4, -0.2) is 18.4 Å². The molecule has 0 aliphatic carbocycles. The predicted molar refractivity (Wildman–Crippen MR) is 100 cm³/mol. The first-order valence-electron chi connectivity index (χ1n) is 7.79. The van der Waals surface area contributed by atoms with Gasteiger partial charge in [0.2, 0.25) is 10.0 Å². The second kappa shape index (κ2) is 7.03. The van der Waals surface area contributed by atoms with Crippen LogP contribution in [0.3, 0.4) is 0 Å². The Hall–Kier alpha value is -2.09. The average Bonchev–Trinajstić information content (AvgIpc) is 3.02. The summed E-state index contributed by atoms with van der Waals surface area (Å²) in [6, 6.07) is 7.54. The zero-order valence-corrected chi connectivity index (χ0v) is 15.9. The summed E-state index contributed by atoms with van der Waals surface area (Å²) in [5.74, 6) is 0. The third-order valence-electron chi connectivity index (χ3n) is 3.78. The lowest BCUT2D eigenvalue weighted by Crippen LogP contribution is -2.25. The van der Waals surface area contributed by atoms with Crippen LogP contribution >= 0.6 is 11.3 Å². The van der Waals surface area contributed by atoms with Crippen LogP contribution in [0.4, 0.5) is 0 Å². The normalized spacial score (nSPS) is 11.6. The van der Waals surface area contributed by atoms with Crippen molar-refractivity contribution in [3.63, 3.8) is 0 Å². The Morgan fingerprint density at radius 2 is 1.88 bits per heavy atom. The van der Waals surface area contributed by atoms with Crippen LogP contribution in [0.15, 0.2) is 46.9 Å².